The highest BCUT2D eigenvalue weighted by atomic mass is 16.5. The molecule has 0 aromatic heterocycles. The summed E-state index contributed by atoms with van der Waals surface area (Å²) in [5.41, 5.74) is 8.38. The first-order valence-corrected chi connectivity index (χ1v) is 6.55. The number of benzene rings is 1. The highest BCUT2D eigenvalue weighted by molar-refractivity contribution is 5.39. The van der Waals surface area contributed by atoms with Crippen LogP contribution in [0.25, 0.3) is 0 Å². The fourth-order valence-electron chi connectivity index (χ4n) is 2.20. The lowest BCUT2D eigenvalue weighted by molar-refractivity contribution is 0.309. The van der Waals surface area contributed by atoms with Gasteiger partial charge in [0.05, 0.1) is 7.11 Å². The van der Waals surface area contributed by atoms with Crippen molar-refractivity contribution in [2.75, 3.05) is 20.7 Å². The van der Waals surface area contributed by atoms with Crippen molar-refractivity contribution in [3.8, 4) is 5.75 Å². The standard InChI is InChI=1S/C15H26N2O/c1-11(2)14-8-13(6-7-15(14)18-5)10-17(4)9-12(3)16/h6-8,11-12H,9-10,16H2,1-5H3. The molecule has 1 rings (SSSR count). The number of nitrogens with two attached hydrogens (primary N) is 1. The molecule has 0 saturated heterocycles. The predicted molar refractivity (Wildman–Crippen MR) is 77.1 cm³/mol. The molecule has 0 aliphatic carbocycles. The molecule has 1 aromatic carbocycles. The van der Waals surface area contributed by atoms with Gasteiger partial charge in [-0.05, 0) is 37.1 Å². The molecule has 0 spiro atoms. The minimum absolute atomic E-state index is 0.206. The Kier molecular flexibility index (Phi) is 5.63. The molecular formula is C15H26N2O. The Balaban J connectivity index is 2.81. The van der Waals surface area contributed by atoms with E-state index in [1.807, 2.05) is 6.92 Å². The molecule has 0 heterocycles. The molecule has 18 heavy (non-hydrogen) atoms. The Hall–Kier alpha value is -1.06. The molecule has 3 nitrogen and oxygen atoms in total. The molecule has 1 unspecified atom stereocenters. The van der Waals surface area contributed by atoms with E-state index in [9.17, 15) is 0 Å². The molecule has 0 aliphatic rings. The SMILES string of the molecule is COc1ccc(CN(C)CC(C)N)cc1C(C)C. The van der Waals surface area contributed by atoms with Gasteiger partial charge < -0.3 is 15.4 Å². The Morgan fingerprint density at radius 1 is 1.28 bits per heavy atom. The van der Waals surface area contributed by atoms with Gasteiger partial charge in [0.2, 0.25) is 0 Å². The third kappa shape index (κ3) is 4.31. The zero-order chi connectivity index (χ0) is 13.7. The fraction of sp³-hybridized carbons (Fsp3) is 0.600. The van der Waals surface area contributed by atoms with Crippen LogP contribution in [0, 0.1) is 0 Å². The molecule has 0 bridgehead atoms. The largest absolute Gasteiger partial charge is 0.496 e. The zero-order valence-electron chi connectivity index (χ0n) is 12.2. The summed E-state index contributed by atoms with van der Waals surface area (Å²) in [7, 11) is 3.83. The molecule has 102 valence electrons. The van der Waals surface area contributed by atoms with Crippen LogP contribution in [0.2, 0.25) is 0 Å². The van der Waals surface area contributed by atoms with Crippen molar-refractivity contribution in [3.05, 3.63) is 29.3 Å². The first kappa shape index (κ1) is 15.0. The highest BCUT2D eigenvalue weighted by Gasteiger charge is 2.10. The molecular weight excluding hydrogens is 224 g/mol. The Morgan fingerprint density at radius 3 is 2.44 bits per heavy atom. The molecule has 2 N–H and O–H groups in total. The quantitative estimate of drug-likeness (QED) is 0.843. The van der Waals surface area contributed by atoms with E-state index in [0.717, 1.165) is 18.8 Å². The van der Waals surface area contributed by atoms with E-state index in [1.165, 1.54) is 11.1 Å². The van der Waals surface area contributed by atoms with Gasteiger partial charge in [-0.2, -0.15) is 0 Å². The molecule has 0 radical (unpaired) electrons. The molecule has 1 atom stereocenters. The number of rotatable bonds is 6. The van der Waals surface area contributed by atoms with Gasteiger partial charge in [-0.1, -0.05) is 26.0 Å². The summed E-state index contributed by atoms with van der Waals surface area (Å²) >= 11 is 0. The van der Waals surface area contributed by atoms with Crippen molar-refractivity contribution in [1.82, 2.24) is 4.90 Å². The maximum absolute atomic E-state index is 5.81. The second-order valence-corrected chi connectivity index (χ2v) is 5.41. The van der Waals surface area contributed by atoms with Crippen molar-refractivity contribution < 1.29 is 4.74 Å². The number of hydrogen-bond acceptors (Lipinski definition) is 3. The van der Waals surface area contributed by atoms with E-state index < -0.39 is 0 Å². The molecule has 0 fully saturated rings. The van der Waals surface area contributed by atoms with Gasteiger partial charge in [-0.15, -0.1) is 0 Å². The van der Waals surface area contributed by atoms with Crippen molar-refractivity contribution in [1.29, 1.82) is 0 Å². The molecule has 0 amide bonds. The van der Waals surface area contributed by atoms with Gasteiger partial charge in [-0.3, -0.25) is 0 Å². The van der Waals surface area contributed by atoms with Gasteiger partial charge in [0.1, 0.15) is 5.75 Å². The maximum atomic E-state index is 5.81. The smallest absolute Gasteiger partial charge is 0.122 e. The van der Waals surface area contributed by atoms with Crippen molar-refractivity contribution in [2.24, 2.45) is 5.73 Å². The fourth-order valence-corrected chi connectivity index (χ4v) is 2.20. The summed E-state index contributed by atoms with van der Waals surface area (Å²) in [6, 6.07) is 6.63. The normalized spacial score (nSPS) is 13.1. The number of hydrogen-bond donors (Lipinski definition) is 1. The molecule has 1 aromatic rings. The Morgan fingerprint density at radius 2 is 1.94 bits per heavy atom. The number of methoxy groups -OCH3 is 1. The monoisotopic (exact) mass is 250 g/mol. The van der Waals surface area contributed by atoms with Crippen molar-refractivity contribution in [3.63, 3.8) is 0 Å². The van der Waals surface area contributed by atoms with E-state index in [2.05, 4.69) is 44.0 Å². The summed E-state index contributed by atoms with van der Waals surface area (Å²) in [5.74, 6) is 1.45. The summed E-state index contributed by atoms with van der Waals surface area (Å²) in [4.78, 5) is 2.25. The first-order valence-electron chi connectivity index (χ1n) is 6.55. The average molecular weight is 250 g/mol. The third-order valence-electron chi connectivity index (χ3n) is 2.97. The van der Waals surface area contributed by atoms with Crippen molar-refractivity contribution >= 4 is 0 Å². The van der Waals surface area contributed by atoms with E-state index in [0.29, 0.717) is 5.92 Å². The van der Waals surface area contributed by atoms with Crippen LogP contribution in [0.5, 0.6) is 5.75 Å². The lowest BCUT2D eigenvalue weighted by Crippen LogP contribution is -2.32. The first-order chi connectivity index (χ1) is 8.43. The van der Waals surface area contributed by atoms with Crippen LogP contribution in [0.1, 0.15) is 37.8 Å². The summed E-state index contributed by atoms with van der Waals surface area (Å²) in [5, 5.41) is 0. The maximum Gasteiger partial charge on any atom is 0.122 e. The number of likely N-dealkylation sites (N-methyl/N-ethyl adjacent to an activating group) is 1. The number of ether oxygens (including phenoxy) is 1. The van der Waals surface area contributed by atoms with E-state index >= 15 is 0 Å². The van der Waals surface area contributed by atoms with Crippen LogP contribution in [0.3, 0.4) is 0 Å². The van der Waals surface area contributed by atoms with Gasteiger partial charge in [0.25, 0.3) is 0 Å². The van der Waals surface area contributed by atoms with Gasteiger partial charge in [0.15, 0.2) is 0 Å². The topological polar surface area (TPSA) is 38.5 Å². The predicted octanol–water partition coefficient (Wildman–Crippen LogP) is 2.60. The minimum atomic E-state index is 0.206. The van der Waals surface area contributed by atoms with Crippen molar-refractivity contribution in [2.45, 2.75) is 39.3 Å². The minimum Gasteiger partial charge on any atom is -0.496 e. The van der Waals surface area contributed by atoms with E-state index in [1.54, 1.807) is 7.11 Å². The zero-order valence-corrected chi connectivity index (χ0v) is 12.2. The van der Waals surface area contributed by atoms with Gasteiger partial charge >= 0.3 is 0 Å². The van der Waals surface area contributed by atoms with E-state index in [4.69, 9.17) is 10.5 Å². The highest BCUT2D eigenvalue weighted by Crippen LogP contribution is 2.27. The van der Waals surface area contributed by atoms with Gasteiger partial charge in [0, 0.05) is 19.1 Å². The number of nitrogens with zero attached hydrogens (tertiary/aromatic N) is 1. The van der Waals surface area contributed by atoms with Crippen LogP contribution >= 0.6 is 0 Å². The van der Waals surface area contributed by atoms with Crippen LogP contribution in [-0.2, 0) is 6.54 Å². The van der Waals surface area contributed by atoms with Crippen LogP contribution in [0.15, 0.2) is 18.2 Å². The lowest BCUT2D eigenvalue weighted by atomic mass is 9.99. The molecule has 3 heteroatoms. The Labute approximate surface area is 111 Å². The Bertz CT molecular complexity index is 375. The van der Waals surface area contributed by atoms with Crippen LogP contribution < -0.4 is 10.5 Å². The summed E-state index contributed by atoms with van der Waals surface area (Å²) in [6.45, 7) is 8.24. The lowest BCUT2D eigenvalue weighted by Gasteiger charge is -2.20. The third-order valence-corrected chi connectivity index (χ3v) is 2.97. The molecule has 0 aliphatic heterocycles. The van der Waals surface area contributed by atoms with Crippen LogP contribution in [-0.4, -0.2) is 31.6 Å². The van der Waals surface area contributed by atoms with E-state index in [-0.39, 0.29) is 6.04 Å². The second-order valence-electron chi connectivity index (χ2n) is 5.41. The average Bonchev–Trinajstić information content (AvgIpc) is 2.27. The molecule has 0 saturated carbocycles. The summed E-state index contributed by atoms with van der Waals surface area (Å²) in [6.07, 6.45) is 0. The van der Waals surface area contributed by atoms with Gasteiger partial charge in [-0.25, -0.2) is 0 Å². The summed E-state index contributed by atoms with van der Waals surface area (Å²) < 4.78 is 5.40. The van der Waals surface area contributed by atoms with Crippen LogP contribution in [0.4, 0.5) is 0 Å². The second kappa shape index (κ2) is 6.76.